The first-order chi connectivity index (χ1) is 12.6. The van der Waals surface area contributed by atoms with E-state index < -0.39 is 11.7 Å². The first-order valence-electron chi connectivity index (χ1n) is 8.80. The third-order valence-corrected chi connectivity index (χ3v) is 5.92. The van der Waals surface area contributed by atoms with E-state index in [0.29, 0.717) is 0 Å². The smallest absolute Gasteiger partial charge is 0.286 e. The van der Waals surface area contributed by atoms with Gasteiger partial charge in [-0.2, -0.15) is 0 Å². The van der Waals surface area contributed by atoms with E-state index in [2.05, 4.69) is 15.5 Å². The number of anilines is 1. The minimum Gasteiger partial charge on any atom is -0.342 e. The zero-order valence-corrected chi connectivity index (χ0v) is 15.0. The van der Waals surface area contributed by atoms with Crippen molar-refractivity contribution < 1.29 is 14.0 Å². The number of amides is 2. The summed E-state index contributed by atoms with van der Waals surface area (Å²) >= 11 is 1.24. The van der Waals surface area contributed by atoms with Gasteiger partial charge in [-0.1, -0.05) is 23.5 Å². The lowest BCUT2D eigenvalue weighted by Gasteiger charge is -2.31. The molecule has 6 nitrogen and oxygen atoms in total. The second-order valence-electron chi connectivity index (χ2n) is 6.75. The summed E-state index contributed by atoms with van der Waals surface area (Å²) < 4.78 is 13.6. The molecule has 1 saturated carbocycles. The summed E-state index contributed by atoms with van der Waals surface area (Å²) in [5.74, 6) is -0.198. The maximum Gasteiger partial charge on any atom is 0.286 e. The zero-order chi connectivity index (χ0) is 18.1. The Morgan fingerprint density at radius 1 is 1.12 bits per heavy atom. The Hall–Kier alpha value is -2.35. The fraction of sp³-hybridized carbons (Fsp3) is 0.444. The van der Waals surface area contributed by atoms with Crippen molar-refractivity contribution in [3.63, 3.8) is 0 Å². The van der Waals surface area contributed by atoms with Crippen LogP contribution in [0.25, 0.3) is 0 Å². The van der Waals surface area contributed by atoms with Crippen LogP contribution in [-0.4, -0.2) is 40.0 Å². The molecule has 1 aromatic heterocycles. The summed E-state index contributed by atoms with van der Waals surface area (Å²) in [6.07, 6.45) is 3.72. The van der Waals surface area contributed by atoms with Gasteiger partial charge in [-0.3, -0.25) is 9.59 Å². The molecule has 0 radical (unpaired) electrons. The van der Waals surface area contributed by atoms with Gasteiger partial charge in [0.2, 0.25) is 10.9 Å². The lowest BCUT2D eigenvalue weighted by Crippen LogP contribution is -2.38. The first-order valence-corrected chi connectivity index (χ1v) is 9.61. The predicted octanol–water partition coefficient (Wildman–Crippen LogP) is 3.05. The van der Waals surface area contributed by atoms with E-state index in [-0.39, 0.29) is 28.4 Å². The van der Waals surface area contributed by atoms with Gasteiger partial charge in [-0.15, -0.1) is 10.2 Å². The Kier molecular flexibility index (Phi) is 4.67. The van der Waals surface area contributed by atoms with Crippen LogP contribution >= 0.6 is 11.3 Å². The zero-order valence-electron chi connectivity index (χ0n) is 14.2. The molecular formula is C18H19FN4O2S. The van der Waals surface area contributed by atoms with Gasteiger partial charge < -0.3 is 10.2 Å². The van der Waals surface area contributed by atoms with Gasteiger partial charge in [-0.05, 0) is 37.8 Å². The summed E-state index contributed by atoms with van der Waals surface area (Å²) in [6, 6.07) is 6.01. The normalized spacial score (nSPS) is 18.0. The third-order valence-electron chi connectivity index (χ3n) is 4.84. The minimum atomic E-state index is -0.488. The average molecular weight is 374 g/mol. The molecule has 8 heteroatoms. The molecule has 1 N–H and O–H groups in total. The van der Waals surface area contributed by atoms with E-state index in [1.54, 1.807) is 12.1 Å². The molecule has 1 aliphatic heterocycles. The van der Waals surface area contributed by atoms with E-state index in [9.17, 15) is 14.0 Å². The number of carbonyl (C=O) groups excluding carboxylic acids is 2. The molecule has 0 unspecified atom stereocenters. The number of hydrogen-bond donors (Lipinski definition) is 1. The van der Waals surface area contributed by atoms with E-state index >= 15 is 0 Å². The lowest BCUT2D eigenvalue weighted by atomic mass is 9.97. The molecule has 0 spiro atoms. The minimum absolute atomic E-state index is 0.126. The van der Waals surface area contributed by atoms with Crippen molar-refractivity contribution in [1.82, 2.24) is 15.1 Å². The molecular weight excluding hydrogens is 355 g/mol. The predicted molar refractivity (Wildman–Crippen MR) is 95.5 cm³/mol. The van der Waals surface area contributed by atoms with Crippen LogP contribution < -0.4 is 5.32 Å². The van der Waals surface area contributed by atoms with E-state index in [0.717, 1.165) is 43.8 Å². The van der Waals surface area contributed by atoms with Crippen molar-refractivity contribution in [2.75, 3.05) is 18.4 Å². The van der Waals surface area contributed by atoms with Crippen LogP contribution in [0, 0.1) is 11.7 Å². The van der Waals surface area contributed by atoms with Crippen LogP contribution in [0.4, 0.5) is 10.1 Å². The Morgan fingerprint density at radius 2 is 1.85 bits per heavy atom. The van der Waals surface area contributed by atoms with Crippen molar-refractivity contribution >= 4 is 28.8 Å². The largest absolute Gasteiger partial charge is 0.342 e. The summed E-state index contributed by atoms with van der Waals surface area (Å²) in [5, 5.41) is 11.7. The van der Waals surface area contributed by atoms with Crippen LogP contribution in [0.1, 0.15) is 46.4 Å². The summed E-state index contributed by atoms with van der Waals surface area (Å²) in [6.45, 7) is 1.46. The number of para-hydroxylation sites is 1. The standard InChI is InChI=1S/C18H19FN4O2S/c19-13-3-1-2-4-14(13)20-15(24)17-22-21-16(26-17)11-7-9-23(10-8-11)18(25)12-5-6-12/h1-4,11-12H,5-10H2,(H,20,24). The van der Waals surface area contributed by atoms with Crippen LogP contribution in [0.15, 0.2) is 24.3 Å². The number of carbonyl (C=O) groups is 2. The molecule has 136 valence electrons. The molecule has 1 aromatic carbocycles. The first kappa shape index (κ1) is 17.1. The maximum atomic E-state index is 13.6. The number of piperidine rings is 1. The van der Waals surface area contributed by atoms with Crippen molar-refractivity contribution in [2.24, 2.45) is 5.92 Å². The van der Waals surface area contributed by atoms with Crippen molar-refractivity contribution in [1.29, 1.82) is 0 Å². The fourth-order valence-corrected chi connectivity index (χ4v) is 4.07. The molecule has 26 heavy (non-hydrogen) atoms. The van der Waals surface area contributed by atoms with Gasteiger partial charge >= 0.3 is 0 Å². The van der Waals surface area contributed by atoms with Gasteiger partial charge in [0, 0.05) is 24.9 Å². The molecule has 1 saturated heterocycles. The van der Waals surface area contributed by atoms with Gasteiger partial charge in [0.25, 0.3) is 5.91 Å². The number of benzene rings is 1. The molecule has 2 aromatic rings. The monoisotopic (exact) mass is 374 g/mol. The third kappa shape index (κ3) is 3.60. The molecule has 1 aliphatic carbocycles. The molecule has 0 bridgehead atoms. The van der Waals surface area contributed by atoms with Crippen molar-refractivity contribution in [3.8, 4) is 0 Å². The summed E-state index contributed by atoms with van der Waals surface area (Å²) in [4.78, 5) is 26.3. The second-order valence-corrected chi connectivity index (χ2v) is 7.76. The van der Waals surface area contributed by atoms with E-state index in [1.165, 1.54) is 23.5 Å². The van der Waals surface area contributed by atoms with Crippen LogP contribution in [0.3, 0.4) is 0 Å². The topological polar surface area (TPSA) is 75.2 Å². The number of rotatable bonds is 4. The van der Waals surface area contributed by atoms with Gasteiger partial charge in [0.05, 0.1) is 5.69 Å². The number of nitrogens with zero attached hydrogens (tertiary/aromatic N) is 3. The Morgan fingerprint density at radius 3 is 2.54 bits per heavy atom. The number of hydrogen-bond acceptors (Lipinski definition) is 5. The Balaban J connectivity index is 1.36. The van der Waals surface area contributed by atoms with Gasteiger partial charge in [0.1, 0.15) is 10.8 Å². The van der Waals surface area contributed by atoms with Crippen molar-refractivity contribution in [2.45, 2.75) is 31.6 Å². The number of likely N-dealkylation sites (tertiary alicyclic amines) is 1. The van der Waals surface area contributed by atoms with E-state index in [1.807, 2.05) is 4.90 Å². The van der Waals surface area contributed by atoms with Crippen LogP contribution in [-0.2, 0) is 4.79 Å². The Labute approximate surface area is 154 Å². The van der Waals surface area contributed by atoms with Crippen LogP contribution in [0.5, 0.6) is 0 Å². The van der Waals surface area contributed by atoms with Crippen LogP contribution in [0.2, 0.25) is 0 Å². The highest BCUT2D eigenvalue weighted by atomic mass is 32.1. The fourth-order valence-electron chi connectivity index (χ4n) is 3.16. The molecule has 4 rings (SSSR count). The van der Waals surface area contributed by atoms with Gasteiger partial charge in [0.15, 0.2) is 0 Å². The van der Waals surface area contributed by atoms with Gasteiger partial charge in [-0.25, -0.2) is 4.39 Å². The molecule has 2 fully saturated rings. The molecule has 2 heterocycles. The van der Waals surface area contributed by atoms with Crippen molar-refractivity contribution in [3.05, 3.63) is 40.1 Å². The Bertz CT molecular complexity index is 828. The molecule has 2 aliphatic rings. The average Bonchev–Trinajstić information content (AvgIpc) is 3.39. The maximum absolute atomic E-state index is 13.6. The number of aromatic nitrogens is 2. The highest BCUT2D eigenvalue weighted by Gasteiger charge is 2.35. The summed E-state index contributed by atoms with van der Waals surface area (Å²) in [7, 11) is 0. The SMILES string of the molecule is O=C(Nc1ccccc1F)c1nnc(C2CCN(C(=O)C3CC3)CC2)s1. The highest BCUT2D eigenvalue weighted by Crippen LogP contribution is 2.35. The summed E-state index contributed by atoms with van der Waals surface area (Å²) in [5.41, 5.74) is 0.126. The lowest BCUT2D eigenvalue weighted by molar-refractivity contribution is -0.133. The number of nitrogens with one attached hydrogen (secondary N) is 1. The molecule has 0 atom stereocenters. The van der Waals surface area contributed by atoms with E-state index in [4.69, 9.17) is 0 Å². The quantitative estimate of drug-likeness (QED) is 0.893. The molecule has 2 amide bonds. The second kappa shape index (κ2) is 7.11. The highest BCUT2D eigenvalue weighted by molar-refractivity contribution is 7.13. The number of halogens is 1.